The third kappa shape index (κ3) is 3.22. The maximum Gasteiger partial charge on any atom is 0.425 e. The summed E-state index contributed by atoms with van der Waals surface area (Å²) in [4.78, 5) is 11.1. The summed E-state index contributed by atoms with van der Waals surface area (Å²) in [5, 5.41) is 12.3. The van der Waals surface area contributed by atoms with Crippen molar-refractivity contribution in [3.05, 3.63) is 29.6 Å². The van der Waals surface area contributed by atoms with Crippen LogP contribution in [0.25, 0.3) is 5.82 Å². The lowest BCUT2D eigenvalue weighted by molar-refractivity contribution is 0.154. The highest BCUT2D eigenvalue weighted by Gasteiger charge is 2.06. The lowest BCUT2D eigenvalue weighted by Crippen LogP contribution is -2.30. The summed E-state index contributed by atoms with van der Waals surface area (Å²) >= 11 is 0. The Balaban J connectivity index is 2.03. The molecular weight excluding hydrogens is 260 g/mol. The molecular formula is C12H16N6O2. The van der Waals surface area contributed by atoms with Gasteiger partial charge in [0.25, 0.3) is 0 Å². The number of nitrogens with zero attached hydrogens (tertiary/aromatic N) is 4. The Labute approximate surface area is 116 Å². The van der Waals surface area contributed by atoms with Crippen LogP contribution in [0.5, 0.6) is 0 Å². The molecule has 0 spiro atoms. The molecule has 0 unspecified atom stereocenters. The number of rotatable bonds is 4. The minimum Gasteiger partial charge on any atom is -0.449 e. The fourth-order valence-corrected chi connectivity index (χ4v) is 1.65. The van der Waals surface area contributed by atoms with Gasteiger partial charge in [0.2, 0.25) is 0 Å². The number of aryl methyl sites for hydroxylation is 2. The van der Waals surface area contributed by atoms with Crippen molar-refractivity contribution in [2.45, 2.75) is 20.8 Å². The summed E-state index contributed by atoms with van der Waals surface area (Å²) in [5.74, 6) is 1.01. The number of anilines is 1. The number of hydrogen-bond acceptors (Lipinski definition) is 6. The average Bonchev–Trinajstić information content (AvgIpc) is 2.76. The van der Waals surface area contributed by atoms with Crippen molar-refractivity contribution in [1.82, 2.24) is 25.4 Å². The zero-order chi connectivity index (χ0) is 14.5. The standard InChI is InChI=1S/C12H16N6O2/c1-4-20-12(19)16-14-10-5-6-11(15-13-10)18-9(3)7-8(2)17-18/h5-7H,4H2,1-3H3,(H,13,14)(H,16,19). The van der Waals surface area contributed by atoms with Crippen LogP contribution in [-0.2, 0) is 4.74 Å². The molecule has 1 amide bonds. The average molecular weight is 276 g/mol. The molecule has 0 atom stereocenters. The predicted molar refractivity (Wildman–Crippen MR) is 72.4 cm³/mol. The van der Waals surface area contributed by atoms with E-state index in [9.17, 15) is 4.79 Å². The highest BCUT2D eigenvalue weighted by atomic mass is 16.5. The predicted octanol–water partition coefficient (Wildman–Crippen LogP) is 1.35. The van der Waals surface area contributed by atoms with Gasteiger partial charge in [0, 0.05) is 5.69 Å². The molecule has 0 fully saturated rings. The van der Waals surface area contributed by atoms with E-state index in [4.69, 9.17) is 4.74 Å². The van der Waals surface area contributed by atoms with Gasteiger partial charge < -0.3 is 4.74 Å². The second-order valence-electron chi connectivity index (χ2n) is 4.09. The monoisotopic (exact) mass is 276 g/mol. The highest BCUT2D eigenvalue weighted by Crippen LogP contribution is 2.10. The third-order valence-corrected chi connectivity index (χ3v) is 2.45. The number of carbonyl (C=O) groups excluding carboxylic acids is 1. The summed E-state index contributed by atoms with van der Waals surface area (Å²) in [6.45, 7) is 5.88. The van der Waals surface area contributed by atoms with E-state index in [2.05, 4.69) is 26.1 Å². The molecule has 20 heavy (non-hydrogen) atoms. The van der Waals surface area contributed by atoms with Crippen LogP contribution < -0.4 is 10.9 Å². The van der Waals surface area contributed by atoms with E-state index in [1.165, 1.54) is 0 Å². The number of hydrogen-bond donors (Lipinski definition) is 2. The molecule has 2 rings (SSSR count). The van der Waals surface area contributed by atoms with Crippen molar-refractivity contribution in [3.8, 4) is 5.82 Å². The summed E-state index contributed by atoms with van der Waals surface area (Å²) < 4.78 is 6.40. The van der Waals surface area contributed by atoms with Gasteiger partial charge in [-0.1, -0.05) is 0 Å². The van der Waals surface area contributed by atoms with E-state index in [-0.39, 0.29) is 0 Å². The van der Waals surface area contributed by atoms with Gasteiger partial charge >= 0.3 is 6.09 Å². The first-order chi connectivity index (χ1) is 9.60. The molecule has 2 heterocycles. The maximum absolute atomic E-state index is 11.1. The number of nitrogens with one attached hydrogen (secondary N) is 2. The van der Waals surface area contributed by atoms with E-state index < -0.39 is 6.09 Å². The summed E-state index contributed by atoms with van der Waals surface area (Å²) in [7, 11) is 0. The van der Waals surface area contributed by atoms with E-state index in [0.29, 0.717) is 18.2 Å². The zero-order valence-electron chi connectivity index (χ0n) is 11.5. The van der Waals surface area contributed by atoms with E-state index >= 15 is 0 Å². The van der Waals surface area contributed by atoms with Crippen molar-refractivity contribution in [2.24, 2.45) is 0 Å². The third-order valence-electron chi connectivity index (χ3n) is 2.45. The Bertz CT molecular complexity index is 592. The number of amides is 1. The van der Waals surface area contributed by atoms with Crippen LogP contribution in [0.1, 0.15) is 18.3 Å². The molecule has 0 bridgehead atoms. The van der Waals surface area contributed by atoms with Crippen LogP contribution in [0, 0.1) is 13.8 Å². The van der Waals surface area contributed by atoms with Crippen molar-refractivity contribution >= 4 is 11.9 Å². The maximum atomic E-state index is 11.1. The van der Waals surface area contributed by atoms with Crippen LogP contribution in [0.15, 0.2) is 18.2 Å². The first kappa shape index (κ1) is 13.8. The van der Waals surface area contributed by atoms with Gasteiger partial charge in [0.05, 0.1) is 12.3 Å². The number of carbonyl (C=O) groups is 1. The number of hydrazine groups is 1. The smallest absolute Gasteiger partial charge is 0.425 e. The SMILES string of the molecule is CCOC(=O)NNc1ccc(-n2nc(C)cc2C)nn1. The van der Waals surface area contributed by atoms with Crippen LogP contribution in [0.2, 0.25) is 0 Å². The first-order valence-corrected chi connectivity index (χ1v) is 6.16. The van der Waals surface area contributed by atoms with Crippen molar-refractivity contribution in [3.63, 3.8) is 0 Å². The Kier molecular flexibility index (Phi) is 4.14. The normalized spacial score (nSPS) is 10.2. The number of ether oxygens (including phenoxy) is 1. The molecule has 2 aromatic rings. The van der Waals surface area contributed by atoms with Gasteiger partial charge in [-0.3, -0.25) is 5.43 Å². The van der Waals surface area contributed by atoms with Crippen molar-refractivity contribution in [1.29, 1.82) is 0 Å². The molecule has 0 radical (unpaired) electrons. The molecule has 0 saturated carbocycles. The second-order valence-corrected chi connectivity index (χ2v) is 4.09. The highest BCUT2D eigenvalue weighted by molar-refractivity contribution is 5.68. The minimum atomic E-state index is -0.572. The largest absolute Gasteiger partial charge is 0.449 e. The fourth-order valence-electron chi connectivity index (χ4n) is 1.65. The second kappa shape index (κ2) is 6.00. The first-order valence-electron chi connectivity index (χ1n) is 6.16. The minimum absolute atomic E-state index is 0.302. The topological polar surface area (TPSA) is 94.0 Å². The van der Waals surface area contributed by atoms with Gasteiger partial charge in [-0.2, -0.15) is 5.10 Å². The number of aromatic nitrogens is 4. The van der Waals surface area contributed by atoms with E-state index in [0.717, 1.165) is 11.4 Å². The van der Waals surface area contributed by atoms with Gasteiger partial charge in [-0.15, -0.1) is 10.2 Å². The summed E-state index contributed by atoms with van der Waals surface area (Å²) in [6, 6.07) is 5.39. The van der Waals surface area contributed by atoms with Crippen LogP contribution in [0.4, 0.5) is 10.6 Å². The van der Waals surface area contributed by atoms with Crippen molar-refractivity contribution < 1.29 is 9.53 Å². The lowest BCUT2D eigenvalue weighted by Gasteiger charge is -2.07. The molecule has 0 aliphatic carbocycles. The van der Waals surface area contributed by atoms with Gasteiger partial charge in [-0.25, -0.2) is 14.9 Å². The molecule has 106 valence electrons. The zero-order valence-corrected chi connectivity index (χ0v) is 11.5. The van der Waals surface area contributed by atoms with Crippen LogP contribution >= 0.6 is 0 Å². The Morgan fingerprint density at radius 3 is 2.70 bits per heavy atom. The fraction of sp³-hybridized carbons (Fsp3) is 0.333. The lowest BCUT2D eigenvalue weighted by atomic mass is 10.4. The molecule has 0 aromatic carbocycles. The van der Waals surface area contributed by atoms with E-state index in [1.807, 2.05) is 19.9 Å². The molecule has 0 saturated heterocycles. The van der Waals surface area contributed by atoms with Crippen LogP contribution in [0.3, 0.4) is 0 Å². The van der Waals surface area contributed by atoms with Gasteiger partial charge in [0.15, 0.2) is 11.6 Å². The van der Waals surface area contributed by atoms with E-state index in [1.54, 1.807) is 23.7 Å². The van der Waals surface area contributed by atoms with Crippen LogP contribution in [-0.4, -0.2) is 32.7 Å². The molecule has 8 heteroatoms. The molecule has 8 nitrogen and oxygen atoms in total. The molecule has 2 aromatic heterocycles. The van der Waals surface area contributed by atoms with Gasteiger partial charge in [0.1, 0.15) is 0 Å². The molecule has 0 aliphatic heterocycles. The summed E-state index contributed by atoms with van der Waals surface area (Å²) in [6.07, 6.45) is -0.572. The Morgan fingerprint density at radius 2 is 2.15 bits per heavy atom. The Hall–Kier alpha value is -2.64. The summed E-state index contributed by atoms with van der Waals surface area (Å²) in [5.41, 5.74) is 6.83. The van der Waals surface area contributed by atoms with Crippen molar-refractivity contribution in [2.75, 3.05) is 12.0 Å². The quantitative estimate of drug-likeness (QED) is 0.819. The Morgan fingerprint density at radius 1 is 1.35 bits per heavy atom. The molecule has 0 aliphatic rings. The molecule has 2 N–H and O–H groups in total. The van der Waals surface area contributed by atoms with Gasteiger partial charge in [-0.05, 0) is 39.0 Å².